The lowest BCUT2D eigenvalue weighted by atomic mass is 10.1. The molecule has 0 aromatic carbocycles. The van der Waals surface area contributed by atoms with Gasteiger partial charge in [-0.1, -0.05) is 0 Å². The Balaban J connectivity index is 2.85. The van der Waals surface area contributed by atoms with Gasteiger partial charge in [-0.2, -0.15) is 11.8 Å². The highest BCUT2D eigenvalue weighted by Crippen LogP contribution is 2.04. The Hall–Kier alpha value is -2.60. The molecule has 0 aliphatic heterocycles. The standard InChI is InChI=1S/C15H24N6O5S/c1-27-3-2-10(15(25)26)20-14(24)11(4-8-6-18-7-19-8)21-13(23)9(16)5-12(17)22/h6-7,9-11H,2-5,16H2,1H3,(H2,17,22)(H,18,19)(H,20,24)(H,21,23)(H,25,26)/t9-,10-,11-/m0/s1. The van der Waals surface area contributed by atoms with Gasteiger partial charge in [0.1, 0.15) is 12.1 Å². The number of H-pyrrole nitrogens is 1. The van der Waals surface area contributed by atoms with Crippen LogP contribution in [0.5, 0.6) is 0 Å². The molecule has 0 aliphatic carbocycles. The number of carboxylic acids is 1. The van der Waals surface area contributed by atoms with E-state index in [4.69, 9.17) is 11.5 Å². The van der Waals surface area contributed by atoms with Crippen LogP contribution in [0.3, 0.4) is 0 Å². The molecule has 1 aromatic rings. The Morgan fingerprint density at radius 2 is 1.93 bits per heavy atom. The monoisotopic (exact) mass is 400 g/mol. The third-order valence-corrected chi connectivity index (χ3v) is 4.24. The van der Waals surface area contributed by atoms with Crippen molar-refractivity contribution in [1.82, 2.24) is 20.6 Å². The minimum Gasteiger partial charge on any atom is -0.480 e. The average Bonchev–Trinajstić information content (AvgIpc) is 3.09. The Morgan fingerprint density at radius 1 is 1.26 bits per heavy atom. The van der Waals surface area contributed by atoms with Gasteiger partial charge < -0.3 is 32.2 Å². The zero-order valence-electron chi connectivity index (χ0n) is 14.8. The number of thioether (sulfide) groups is 1. The van der Waals surface area contributed by atoms with Gasteiger partial charge in [0.15, 0.2) is 0 Å². The maximum absolute atomic E-state index is 12.6. The van der Waals surface area contributed by atoms with Crippen molar-refractivity contribution < 1.29 is 24.3 Å². The number of aliphatic carboxylic acids is 1. The van der Waals surface area contributed by atoms with Gasteiger partial charge in [0.25, 0.3) is 0 Å². The zero-order valence-corrected chi connectivity index (χ0v) is 15.6. The van der Waals surface area contributed by atoms with Gasteiger partial charge in [0, 0.05) is 18.3 Å². The largest absolute Gasteiger partial charge is 0.480 e. The second-order valence-electron chi connectivity index (χ2n) is 5.80. The second-order valence-corrected chi connectivity index (χ2v) is 6.79. The average molecular weight is 400 g/mol. The fraction of sp³-hybridized carbons (Fsp3) is 0.533. The fourth-order valence-electron chi connectivity index (χ4n) is 2.18. The third-order valence-electron chi connectivity index (χ3n) is 3.59. The Morgan fingerprint density at radius 3 is 2.44 bits per heavy atom. The van der Waals surface area contributed by atoms with Gasteiger partial charge >= 0.3 is 5.97 Å². The molecular formula is C15H24N6O5S. The van der Waals surface area contributed by atoms with E-state index in [0.29, 0.717) is 11.4 Å². The fourth-order valence-corrected chi connectivity index (χ4v) is 2.65. The number of hydrogen-bond donors (Lipinski definition) is 6. The third kappa shape index (κ3) is 8.09. The molecule has 150 valence electrons. The number of primary amides is 1. The van der Waals surface area contributed by atoms with Crippen molar-refractivity contribution >= 4 is 35.5 Å². The van der Waals surface area contributed by atoms with Crippen LogP contribution in [0, 0.1) is 0 Å². The summed E-state index contributed by atoms with van der Waals surface area (Å²) in [6.45, 7) is 0. The summed E-state index contributed by atoms with van der Waals surface area (Å²) in [5.41, 5.74) is 11.2. The molecule has 27 heavy (non-hydrogen) atoms. The summed E-state index contributed by atoms with van der Waals surface area (Å²) < 4.78 is 0. The van der Waals surface area contributed by atoms with E-state index in [1.165, 1.54) is 24.3 Å². The lowest BCUT2D eigenvalue weighted by Crippen LogP contribution is -2.55. The highest BCUT2D eigenvalue weighted by molar-refractivity contribution is 7.98. The summed E-state index contributed by atoms with van der Waals surface area (Å²) in [6, 6.07) is -3.41. The number of carbonyl (C=O) groups is 4. The minimum absolute atomic E-state index is 0.0374. The van der Waals surface area contributed by atoms with Crippen LogP contribution in [-0.4, -0.2) is 68.9 Å². The molecule has 0 spiro atoms. The van der Waals surface area contributed by atoms with Gasteiger partial charge in [0.2, 0.25) is 17.7 Å². The van der Waals surface area contributed by atoms with Crippen LogP contribution in [-0.2, 0) is 25.6 Å². The summed E-state index contributed by atoms with van der Waals surface area (Å²) in [5, 5.41) is 14.1. The van der Waals surface area contributed by atoms with Crippen LogP contribution in [0.25, 0.3) is 0 Å². The van der Waals surface area contributed by atoms with Gasteiger partial charge in [-0.05, 0) is 18.4 Å². The number of nitrogens with one attached hydrogen (secondary N) is 3. The molecule has 0 fully saturated rings. The molecule has 0 radical (unpaired) electrons. The normalized spacial score (nSPS) is 14.0. The smallest absolute Gasteiger partial charge is 0.326 e. The summed E-state index contributed by atoms with van der Waals surface area (Å²) in [5.74, 6) is -2.81. The van der Waals surface area contributed by atoms with Gasteiger partial charge in [0.05, 0.1) is 18.8 Å². The number of carboxylic acid groups (broad SMARTS) is 1. The molecule has 0 aliphatic rings. The maximum atomic E-state index is 12.6. The van der Waals surface area contributed by atoms with E-state index in [1.807, 2.05) is 6.26 Å². The molecule has 3 amide bonds. The molecule has 0 bridgehead atoms. The molecule has 1 aromatic heterocycles. The first-order chi connectivity index (χ1) is 12.7. The van der Waals surface area contributed by atoms with Gasteiger partial charge in [-0.25, -0.2) is 9.78 Å². The van der Waals surface area contributed by atoms with Gasteiger partial charge in [-0.15, -0.1) is 0 Å². The van der Waals surface area contributed by atoms with E-state index in [0.717, 1.165) is 0 Å². The summed E-state index contributed by atoms with van der Waals surface area (Å²) in [7, 11) is 0. The number of aromatic amines is 1. The Labute approximate surface area is 160 Å². The van der Waals surface area contributed by atoms with Crippen molar-refractivity contribution in [3.05, 3.63) is 18.2 Å². The molecule has 1 rings (SSSR count). The molecule has 1 heterocycles. The quantitative estimate of drug-likeness (QED) is 0.231. The van der Waals surface area contributed by atoms with E-state index in [1.54, 1.807) is 0 Å². The maximum Gasteiger partial charge on any atom is 0.326 e. The van der Waals surface area contributed by atoms with Crippen molar-refractivity contribution in [2.45, 2.75) is 37.4 Å². The number of nitrogens with two attached hydrogens (primary N) is 2. The van der Waals surface area contributed by atoms with Gasteiger partial charge in [-0.3, -0.25) is 14.4 Å². The Kier molecular flexibility index (Phi) is 9.30. The van der Waals surface area contributed by atoms with Crippen molar-refractivity contribution in [2.75, 3.05) is 12.0 Å². The van der Waals surface area contributed by atoms with Crippen LogP contribution >= 0.6 is 11.8 Å². The van der Waals surface area contributed by atoms with E-state index >= 15 is 0 Å². The van der Waals surface area contributed by atoms with Crippen molar-refractivity contribution in [1.29, 1.82) is 0 Å². The van der Waals surface area contributed by atoms with Crippen molar-refractivity contribution in [3.8, 4) is 0 Å². The minimum atomic E-state index is -1.22. The lowest BCUT2D eigenvalue weighted by Gasteiger charge is -2.22. The molecule has 12 heteroatoms. The van der Waals surface area contributed by atoms with E-state index < -0.39 is 41.8 Å². The number of hydrogen-bond acceptors (Lipinski definition) is 7. The van der Waals surface area contributed by atoms with Crippen LogP contribution in [0.2, 0.25) is 0 Å². The van der Waals surface area contributed by atoms with E-state index in [2.05, 4.69) is 20.6 Å². The number of imidazole rings is 1. The molecule has 8 N–H and O–H groups in total. The van der Waals surface area contributed by atoms with Crippen molar-refractivity contribution in [3.63, 3.8) is 0 Å². The van der Waals surface area contributed by atoms with Crippen LogP contribution in [0.4, 0.5) is 0 Å². The summed E-state index contributed by atoms with van der Waals surface area (Å²) in [6.07, 6.45) is 4.59. The lowest BCUT2D eigenvalue weighted by molar-refractivity contribution is -0.142. The van der Waals surface area contributed by atoms with Crippen molar-refractivity contribution in [2.24, 2.45) is 11.5 Å². The second kappa shape index (κ2) is 11.2. The summed E-state index contributed by atoms with van der Waals surface area (Å²) >= 11 is 1.45. The molecule has 0 unspecified atom stereocenters. The van der Waals surface area contributed by atoms with Crippen LogP contribution in [0.1, 0.15) is 18.5 Å². The Bertz CT molecular complexity index is 653. The predicted molar refractivity (Wildman–Crippen MR) is 98.6 cm³/mol. The highest BCUT2D eigenvalue weighted by Gasteiger charge is 2.28. The number of aromatic nitrogens is 2. The molecular weight excluding hydrogens is 376 g/mol. The predicted octanol–water partition coefficient (Wildman–Crippen LogP) is -2.04. The molecule has 11 nitrogen and oxygen atoms in total. The first-order valence-electron chi connectivity index (χ1n) is 8.08. The van der Waals surface area contributed by atoms with Crippen LogP contribution < -0.4 is 22.1 Å². The van der Waals surface area contributed by atoms with E-state index in [-0.39, 0.29) is 19.3 Å². The number of carbonyl (C=O) groups excluding carboxylic acids is 3. The molecule has 3 atom stereocenters. The SMILES string of the molecule is CSCC[C@H](NC(=O)[C@H](Cc1cnc[nH]1)NC(=O)[C@@H](N)CC(N)=O)C(=O)O. The first kappa shape index (κ1) is 22.4. The number of nitrogens with zero attached hydrogens (tertiary/aromatic N) is 1. The highest BCUT2D eigenvalue weighted by atomic mass is 32.2. The zero-order chi connectivity index (χ0) is 20.4. The van der Waals surface area contributed by atoms with E-state index in [9.17, 15) is 24.3 Å². The molecule has 0 saturated heterocycles. The number of amides is 3. The number of rotatable bonds is 12. The van der Waals surface area contributed by atoms with Crippen LogP contribution in [0.15, 0.2) is 12.5 Å². The topological polar surface area (TPSA) is 193 Å². The first-order valence-corrected chi connectivity index (χ1v) is 9.47. The molecule has 0 saturated carbocycles. The summed E-state index contributed by atoms with van der Waals surface area (Å²) in [4.78, 5) is 53.6.